The van der Waals surface area contributed by atoms with Crippen LogP contribution in [0.4, 0.5) is 0 Å². The van der Waals surface area contributed by atoms with Crippen LogP contribution in [0, 0.1) is 22.2 Å². The maximum absolute atomic E-state index is 12.7. The Labute approximate surface area is 377 Å². The number of nitrogens with one attached hydrogen (secondary N) is 3. The highest BCUT2D eigenvalue weighted by Crippen LogP contribution is 2.34. The summed E-state index contributed by atoms with van der Waals surface area (Å²) in [5.41, 5.74) is 0.467. The molecule has 1 aliphatic carbocycles. The molecule has 5 unspecified atom stereocenters. The van der Waals surface area contributed by atoms with Gasteiger partial charge in [0.05, 0.1) is 40.1 Å². The molecule has 5 aliphatic heterocycles. The molecule has 0 aromatic rings. The van der Waals surface area contributed by atoms with Gasteiger partial charge in [-0.05, 0) is 120 Å². The lowest BCUT2D eigenvalue weighted by Crippen LogP contribution is -2.48. The summed E-state index contributed by atoms with van der Waals surface area (Å²) in [7, 11) is -0.516. The Morgan fingerprint density at radius 2 is 0.774 bits per heavy atom. The highest BCUT2D eigenvalue weighted by atomic mass is 32.2. The minimum absolute atomic E-state index is 0.0123. The third-order valence-electron chi connectivity index (χ3n) is 15.0. The van der Waals surface area contributed by atoms with Gasteiger partial charge >= 0.3 is 0 Å². The zero-order valence-electron chi connectivity index (χ0n) is 40.4. The predicted molar refractivity (Wildman–Crippen MR) is 251 cm³/mol. The zero-order chi connectivity index (χ0) is 45.9. The molecule has 5 atom stereocenters. The highest BCUT2D eigenvalue weighted by molar-refractivity contribution is 7.92. The molecule has 0 radical (unpaired) electrons. The van der Waals surface area contributed by atoms with Crippen LogP contribution < -0.4 is 16.0 Å². The van der Waals surface area contributed by atoms with E-state index in [0.717, 1.165) is 83.2 Å². The number of amides is 3. The predicted octanol–water partition coefficient (Wildman–Crippen LogP) is 5.57. The van der Waals surface area contributed by atoms with Crippen LogP contribution >= 0.6 is 0 Å². The Bertz CT molecular complexity index is 1590. The largest absolute Gasteiger partial charge is 0.341 e. The lowest BCUT2D eigenvalue weighted by atomic mass is 9.83. The fourth-order valence-electron chi connectivity index (χ4n) is 10.6. The van der Waals surface area contributed by atoms with Crippen molar-refractivity contribution in [2.45, 2.75) is 186 Å². The van der Waals surface area contributed by atoms with E-state index in [1.165, 1.54) is 38.5 Å². The van der Waals surface area contributed by atoms with Gasteiger partial charge in [0.15, 0.2) is 19.7 Å². The first-order valence-corrected chi connectivity index (χ1v) is 27.8. The third kappa shape index (κ3) is 15.7. The first-order chi connectivity index (χ1) is 29.0. The molecule has 0 aromatic heterocycles. The number of carbonyl (C=O) groups is 3. The third-order valence-corrected chi connectivity index (χ3v) is 19.6. The van der Waals surface area contributed by atoms with Crippen molar-refractivity contribution in [1.82, 2.24) is 30.7 Å². The van der Waals surface area contributed by atoms with Crippen LogP contribution in [0.1, 0.15) is 157 Å². The average Bonchev–Trinajstić information content (AvgIpc) is 3.62. The van der Waals surface area contributed by atoms with Gasteiger partial charge in [0.2, 0.25) is 17.7 Å². The van der Waals surface area contributed by atoms with Gasteiger partial charge in [-0.25, -0.2) is 16.8 Å². The van der Waals surface area contributed by atoms with Gasteiger partial charge in [-0.15, -0.1) is 0 Å². The van der Waals surface area contributed by atoms with E-state index in [1.807, 2.05) is 7.05 Å². The van der Waals surface area contributed by atoms with Crippen molar-refractivity contribution in [3.8, 4) is 0 Å². The maximum Gasteiger partial charge on any atom is 0.239 e. The Morgan fingerprint density at radius 3 is 1.08 bits per heavy atom. The van der Waals surface area contributed by atoms with E-state index in [4.69, 9.17) is 0 Å². The second kappa shape index (κ2) is 23.1. The van der Waals surface area contributed by atoms with Crippen molar-refractivity contribution in [2.75, 3.05) is 71.9 Å². The van der Waals surface area contributed by atoms with E-state index in [1.54, 1.807) is 23.9 Å². The number of carbonyl (C=O) groups excluding carboxylic acids is 3. The van der Waals surface area contributed by atoms with Gasteiger partial charge in [0, 0.05) is 39.3 Å². The Kier molecular flexibility index (Phi) is 19.7. The van der Waals surface area contributed by atoms with Crippen molar-refractivity contribution >= 4 is 37.4 Å². The highest BCUT2D eigenvalue weighted by Gasteiger charge is 2.40. The van der Waals surface area contributed by atoms with Gasteiger partial charge in [0.25, 0.3) is 0 Å². The van der Waals surface area contributed by atoms with Crippen LogP contribution in [-0.4, -0.2) is 150 Å². The van der Waals surface area contributed by atoms with Crippen LogP contribution in [0.15, 0.2) is 0 Å². The summed E-state index contributed by atoms with van der Waals surface area (Å²) in [6.45, 7) is 17.3. The normalized spacial score (nSPS) is 31.5. The molecule has 6 fully saturated rings. The molecule has 5 saturated heterocycles. The molecule has 5 heterocycles. The molecule has 6 aliphatic rings. The molecule has 3 N–H and O–H groups in total. The molecular formula is C47H88N6O7S2. The van der Waals surface area contributed by atoms with Crippen molar-refractivity contribution < 1.29 is 31.2 Å². The van der Waals surface area contributed by atoms with E-state index in [9.17, 15) is 31.2 Å². The molecule has 62 heavy (non-hydrogen) atoms. The lowest BCUT2D eigenvalue weighted by Gasteiger charge is -2.30. The van der Waals surface area contributed by atoms with Crippen LogP contribution in [0.5, 0.6) is 0 Å². The van der Waals surface area contributed by atoms with Crippen molar-refractivity contribution in [3.05, 3.63) is 0 Å². The van der Waals surface area contributed by atoms with Gasteiger partial charge in [-0.2, -0.15) is 0 Å². The summed E-state index contributed by atoms with van der Waals surface area (Å²) >= 11 is 0. The van der Waals surface area contributed by atoms with E-state index < -0.39 is 19.7 Å². The second-order valence-corrected chi connectivity index (χ2v) is 26.9. The monoisotopic (exact) mass is 913 g/mol. The Hall–Kier alpha value is -1.81. The van der Waals surface area contributed by atoms with Gasteiger partial charge in [-0.1, -0.05) is 80.1 Å². The first-order valence-electron chi connectivity index (χ1n) is 24.3. The minimum Gasteiger partial charge on any atom is -0.341 e. The van der Waals surface area contributed by atoms with Crippen molar-refractivity contribution in [3.63, 3.8) is 0 Å². The summed E-state index contributed by atoms with van der Waals surface area (Å²) in [4.78, 5) is 43.6. The first kappa shape index (κ1) is 52.8. The quantitative estimate of drug-likeness (QED) is 0.249. The molecule has 0 bridgehead atoms. The average molecular weight is 913 g/mol. The second-order valence-electron chi connectivity index (χ2n) is 22.1. The summed E-state index contributed by atoms with van der Waals surface area (Å²) < 4.78 is 48.7. The van der Waals surface area contributed by atoms with E-state index in [-0.39, 0.29) is 68.2 Å². The lowest BCUT2D eigenvalue weighted by molar-refractivity contribution is -0.134. The number of nitrogens with zero attached hydrogens (tertiary/aromatic N) is 3. The number of likely N-dealkylation sites (tertiary alicyclic amines) is 3. The smallest absolute Gasteiger partial charge is 0.239 e. The van der Waals surface area contributed by atoms with E-state index in [0.29, 0.717) is 44.9 Å². The standard InChI is InChI=1S/C17H32N2O.2C15H28N2O3S/c1-17(2)10-11-19(16(20)15(12-17)18-3)13-14-8-6-4-5-7-9-14;2*1-15(2)7-8-17(14(18)13(10-15)16-3)11-12-6-4-5-9-21(12,19)20/h14-15,18H,4-13H2,1-3H3;2*12-13,16H,4-11H2,1-3H3. The molecule has 0 aromatic carbocycles. The molecule has 6 rings (SSSR count). The Morgan fingerprint density at radius 1 is 0.468 bits per heavy atom. The SMILES string of the molecule is CNC1CC(C)(C)CCN(CC2CCCCCC2)C1=O.CNC1CC(C)(C)CCN(CC2CCCCS2(=O)=O)C1=O.CNC1CC(C)(C)CCN(CC2CCCCS2(=O)=O)C1=O. The van der Waals surface area contributed by atoms with Crippen LogP contribution in [0.2, 0.25) is 0 Å². The van der Waals surface area contributed by atoms with Crippen LogP contribution in [-0.2, 0) is 34.1 Å². The molecule has 15 heteroatoms. The number of likely N-dealkylation sites (N-methyl/N-ethyl adjacent to an activating group) is 3. The summed E-state index contributed by atoms with van der Waals surface area (Å²) in [5, 5.41) is 8.70. The molecule has 13 nitrogen and oxygen atoms in total. The number of rotatable bonds is 9. The van der Waals surface area contributed by atoms with Crippen LogP contribution in [0.25, 0.3) is 0 Å². The summed E-state index contributed by atoms with van der Waals surface area (Å²) in [6.07, 6.45) is 18.5. The number of hydrogen-bond donors (Lipinski definition) is 3. The van der Waals surface area contributed by atoms with Crippen molar-refractivity contribution in [2.24, 2.45) is 22.2 Å². The zero-order valence-corrected chi connectivity index (χ0v) is 42.0. The molecule has 3 amide bonds. The van der Waals surface area contributed by atoms with Gasteiger partial charge in [0.1, 0.15) is 0 Å². The molecule has 0 spiro atoms. The fraction of sp³-hybridized carbons (Fsp3) is 0.936. The molecule has 1 saturated carbocycles. The summed E-state index contributed by atoms with van der Waals surface area (Å²) in [6, 6.07) is -0.388. The Balaban J connectivity index is 0.000000205. The topological polar surface area (TPSA) is 165 Å². The van der Waals surface area contributed by atoms with Gasteiger partial charge < -0.3 is 30.7 Å². The van der Waals surface area contributed by atoms with E-state index >= 15 is 0 Å². The number of sulfone groups is 2. The van der Waals surface area contributed by atoms with Crippen LogP contribution in [0.3, 0.4) is 0 Å². The van der Waals surface area contributed by atoms with Gasteiger partial charge in [-0.3, -0.25) is 14.4 Å². The molecule has 360 valence electrons. The van der Waals surface area contributed by atoms with E-state index in [2.05, 4.69) is 62.4 Å². The number of hydrogen-bond acceptors (Lipinski definition) is 10. The molecular weight excluding hydrogens is 825 g/mol. The van der Waals surface area contributed by atoms with Crippen molar-refractivity contribution in [1.29, 1.82) is 0 Å². The summed E-state index contributed by atoms with van der Waals surface area (Å²) in [5.74, 6) is 1.75. The fourth-order valence-corrected chi connectivity index (χ4v) is 14.3. The maximum atomic E-state index is 12.7. The minimum atomic E-state index is -3.03.